The molecule has 1 aromatic heterocycles. The molecule has 13 nitrogen and oxygen atoms in total. The van der Waals surface area contributed by atoms with Gasteiger partial charge in [-0.05, 0) is 0 Å². The summed E-state index contributed by atoms with van der Waals surface area (Å²) in [6.45, 7) is -1.29. The summed E-state index contributed by atoms with van der Waals surface area (Å²) in [6.07, 6.45) is -15.4. The fourth-order valence-corrected chi connectivity index (χ4v) is 5.09. The van der Waals surface area contributed by atoms with E-state index in [4.69, 9.17) is 13.9 Å². The highest BCUT2D eigenvalue weighted by Crippen LogP contribution is 2.50. The van der Waals surface area contributed by atoms with Crippen LogP contribution in [-0.4, -0.2) is 102 Å². The lowest BCUT2D eigenvalue weighted by atomic mass is 9.85. The standard InChI is InChI=1S/C26H28O13/c27-7-13-18(31)21(34)23(36)26(39-13)15-19(32)14-10(28)6-12(9-4-2-1-3-5-9)38-24(14)16(20(15)33)25-22(35)17(30)11(29)8-37-25/h1-6,11,13,17-18,21-23,25-27,29-36H,7-8H2/t11-,13+,17-,18-,21-,22-,23-,25+,26+/m1/s1. The molecule has 3 aromatic rings. The minimum atomic E-state index is -1.95. The molecule has 0 bridgehead atoms. The molecule has 0 spiro atoms. The van der Waals surface area contributed by atoms with Crippen LogP contribution in [-0.2, 0) is 9.47 Å². The molecule has 2 fully saturated rings. The molecule has 0 unspecified atom stereocenters. The van der Waals surface area contributed by atoms with Gasteiger partial charge < -0.3 is 59.8 Å². The average Bonchev–Trinajstić information content (AvgIpc) is 2.93. The first kappa shape index (κ1) is 27.5. The van der Waals surface area contributed by atoms with Crippen LogP contribution in [0.2, 0.25) is 0 Å². The Morgan fingerprint density at radius 2 is 1.46 bits per heavy atom. The zero-order valence-electron chi connectivity index (χ0n) is 20.2. The van der Waals surface area contributed by atoms with Crippen LogP contribution in [0.4, 0.5) is 0 Å². The SMILES string of the molecule is O=c1cc(-c2ccccc2)oc2c([C@@H]3OC[C@@H](O)[C@@H](O)[C@H]3O)c(O)c([C@@H]3O[C@@H](CO)[C@@H](O)[C@@H](O)[C@H]3O)c(O)c12. The van der Waals surface area contributed by atoms with Gasteiger partial charge in [0.25, 0.3) is 0 Å². The van der Waals surface area contributed by atoms with Gasteiger partial charge >= 0.3 is 0 Å². The number of fused-ring (bicyclic) bond motifs is 1. The smallest absolute Gasteiger partial charge is 0.197 e. The number of hydrogen-bond donors (Lipinski definition) is 9. The molecule has 2 aliphatic rings. The maximum absolute atomic E-state index is 13.4. The molecule has 2 aliphatic heterocycles. The molecule has 5 rings (SSSR count). The van der Waals surface area contributed by atoms with Crippen molar-refractivity contribution in [2.75, 3.05) is 13.2 Å². The third-order valence-electron chi connectivity index (χ3n) is 7.21. The Bertz CT molecular complexity index is 1400. The van der Waals surface area contributed by atoms with Crippen LogP contribution < -0.4 is 5.43 Å². The van der Waals surface area contributed by atoms with E-state index < -0.39 is 107 Å². The first-order valence-electron chi connectivity index (χ1n) is 12.1. The normalized spacial score (nSPS) is 33.4. The lowest BCUT2D eigenvalue weighted by molar-refractivity contribution is -0.232. The minimum Gasteiger partial charge on any atom is -0.507 e. The molecule has 13 heteroatoms. The molecule has 210 valence electrons. The van der Waals surface area contributed by atoms with Crippen LogP contribution in [0, 0.1) is 0 Å². The van der Waals surface area contributed by atoms with E-state index in [1.165, 1.54) is 0 Å². The Morgan fingerprint density at radius 1 is 0.795 bits per heavy atom. The van der Waals surface area contributed by atoms with Crippen molar-refractivity contribution >= 4 is 11.0 Å². The van der Waals surface area contributed by atoms with Gasteiger partial charge in [0.1, 0.15) is 77.6 Å². The second kappa shape index (κ2) is 10.5. The molecule has 3 heterocycles. The Morgan fingerprint density at radius 3 is 2.13 bits per heavy atom. The van der Waals surface area contributed by atoms with Crippen LogP contribution in [0.1, 0.15) is 23.3 Å². The van der Waals surface area contributed by atoms with Gasteiger partial charge in [-0.2, -0.15) is 0 Å². The molecule has 9 atom stereocenters. The molecular weight excluding hydrogens is 520 g/mol. The summed E-state index contributed by atoms with van der Waals surface area (Å²) in [4.78, 5) is 13.4. The van der Waals surface area contributed by atoms with Crippen molar-refractivity contribution in [3.63, 3.8) is 0 Å². The van der Waals surface area contributed by atoms with Crippen LogP contribution in [0.15, 0.2) is 45.6 Å². The Kier molecular flexibility index (Phi) is 7.37. The van der Waals surface area contributed by atoms with Crippen molar-refractivity contribution in [1.29, 1.82) is 0 Å². The first-order valence-corrected chi connectivity index (χ1v) is 12.1. The van der Waals surface area contributed by atoms with E-state index in [2.05, 4.69) is 0 Å². The van der Waals surface area contributed by atoms with Crippen molar-refractivity contribution in [3.05, 3.63) is 57.7 Å². The number of benzene rings is 2. The molecule has 0 aliphatic carbocycles. The maximum Gasteiger partial charge on any atom is 0.197 e. The van der Waals surface area contributed by atoms with E-state index in [-0.39, 0.29) is 5.76 Å². The second-order valence-electron chi connectivity index (χ2n) is 9.62. The molecule has 0 amide bonds. The average molecular weight is 548 g/mol. The van der Waals surface area contributed by atoms with Crippen molar-refractivity contribution < 1.29 is 59.8 Å². The number of phenols is 2. The van der Waals surface area contributed by atoms with Crippen LogP contribution >= 0.6 is 0 Å². The summed E-state index contributed by atoms with van der Waals surface area (Å²) in [5.74, 6) is -1.75. The number of ether oxygens (including phenoxy) is 2. The highest BCUT2D eigenvalue weighted by molar-refractivity contribution is 5.91. The van der Waals surface area contributed by atoms with Crippen molar-refractivity contribution in [3.8, 4) is 22.8 Å². The third kappa shape index (κ3) is 4.47. The summed E-state index contributed by atoms with van der Waals surface area (Å²) in [5, 5.41) is 94.0. The topological polar surface area (TPSA) is 231 Å². The van der Waals surface area contributed by atoms with Crippen LogP contribution in [0.25, 0.3) is 22.3 Å². The van der Waals surface area contributed by atoms with Crippen molar-refractivity contribution in [2.45, 2.75) is 54.9 Å². The van der Waals surface area contributed by atoms with Gasteiger partial charge in [-0.15, -0.1) is 0 Å². The third-order valence-corrected chi connectivity index (χ3v) is 7.21. The van der Waals surface area contributed by atoms with Gasteiger partial charge in [0, 0.05) is 11.6 Å². The summed E-state index contributed by atoms with van der Waals surface area (Å²) >= 11 is 0. The lowest BCUT2D eigenvalue weighted by Gasteiger charge is -2.41. The Labute approximate surface area is 220 Å². The summed E-state index contributed by atoms with van der Waals surface area (Å²) < 4.78 is 17.0. The first-order chi connectivity index (χ1) is 18.6. The molecular formula is C26H28O13. The number of rotatable bonds is 4. The molecule has 0 radical (unpaired) electrons. The highest BCUT2D eigenvalue weighted by Gasteiger charge is 2.48. The van der Waals surface area contributed by atoms with Gasteiger partial charge in [-0.1, -0.05) is 30.3 Å². The van der Waals surface area contributed by atoms with Gasteiger partial charge in [-0.25, -0.2) is 0 Å². The van der Waals surface area contributed by atoms with Gasteiger partial charge in [0.05, 0.1) is 24.3 Å². The number of hydrogen-bond acceptors (Lipinski definition) is 13. The van der Waals surface area contributed by atoms with E-state index in [0.717, 1.165) is 6.07 Å². The van der Waals surface area contributed by atoms with E-state index in [9.17, 15) is 50.8 Å². The predicted octanol–water partition coefficient (Wildman–Crippen LogP) is -1.46. The summed E-state index contributed by atoms with van der Waals surface area (Å²) in [6, 6.07) is 9.45. The monoisotopic (exact) mass is 548 g/mol. The van der Waals surface area contributed by atoms with Gasteiger partial charge in [-0.3, -0.25) is 4.79 Å². The second-order valence-corrected chi connectivity index (χ2v) is 9.62. The van der Waals surface area contributed by atoms with E-state index in [0.29, 0.717) is 5.56 Å². The van der Waals surface area contributed by atoms with E-state index >= 15 is 0 Å². The minimum absolute atomic E-state index is 0.0274. The fraction of sp³-hybridized carbons (Fsp3) is 0.423. The van der Waals surface area contributed by atoms with Crippen LogP contribution in [0.3, 0.4) is 0 Å². The zero-order valence-corrected chi connectivity index (χ0v) is 20.2. The zero-order chi connectivity index (χ0) is 28.2. The van der Waals surface area contributed by atoms with E-state index in [1.54, 1.807) is 30.3 Å². The van der Waals surface area contributed by atoms with Crippen molar-refractivity contribution in [1.82, 2.24) is 0 Å². The molecule has 2 aromatic carbocycles. The van der Waals surface area contributed by atoms with Crippen molar-refractivity contribution in [2.24, 2.45) is 0 Å². The largest absolute Gasteiger partial charge is 0.507 e. The quantitative estimate of drug-likeness (QED) is 0.182. The van der Waals surface area contributed by atoms with Gasteiger partial charge in [0.2, 0.25) is 0 Å². The Hall–Kier alpha value is -3.11. The summed E-state index contributed by atoms with van der Waals surface area (Å²) in [7, 11) is 0. The number of phenolic OH excluding ortho intramolecular Hbond substituents is 2. The summed E-state index contributed by atoms with van der Waals surface area (Å²) in [5.41, 5.74) is -1.79. The van der Waals surface area contributed by atoms with Gasteiger partial charge in [0.15, 0.2) is 11.0 Å². The molecule has 9 N–H and O–H groups in total. The maximum atomic E-state index is 13.4. The molecule has 0 saturated carbocycles. The predicted molar refractivity (Wildman–Crippen MR) is 131 cm³/mol. The van der Waals surface area contributed by atoms with E-state index in [1.807, 2.05) is 0 Å². The van der Waals surface area contributed by atoms with Crippen LogP contribution in [0.5, 0.6) is 11.5 Å². The molecule has 39 heavy (non-hydrogen) atoms. The lowest BCUT2D eigenvalue weighted by Crippen LogP contribution is -2.55. The number of aliphatic hydroxyl groups excluding tert-OH is 7. The number of aromatic hydroxyl groups is 2. The highest BCUT2D eigenvalue weighted by atomic mass is 16.5. The fourth-order valence-electron chi connectivity index (χ4n) is 5.09. The Balaban J connectivity index is 1.80. The molecule has 2 saturated heterocycles. The number of aliphatic hydroxyl groups is 7.